The molecule has 6 heteroatoms. The second-order valence-corrected chi connectivity index (χ2v) is 5.39. The van der Waals surface area contributed by atoms with Crippen LogP contribution in [0.5, 0.6) is 0 Å². The fraction of sp³-hybridized carbons (Fsp3) is 0.167. The molecular formula is C12H11ClN2O2S. The second-order valence-electron chi connectivity index (χ2n) is 3.81. The Balaban J connectivity index is 2.04. The average Bonchev–Trinajstić information content (AvgIpc) is 2.76. The van der Waals surface area contributed by atoms with Crippen molar-refractivity contribution in [1.82, 2.24) is 0 Å². The zero-order valence-corrected chi connectivity index (χ0v) is 11.2. The Kier molecular flexibility index (Phi) is 3.84. The number of rotatable bonds is 4. The van der Waals surface area contributed by atoms with Crippen molar-refractivity contribution >= 4 is 33.6 Å². The van der Waals surface area contributed by atoms with Crippen molar-refractivity contribution in [3.05, 3.63) is 55.9 Å². The van der Waals surface area contributed by atoms with Crippen molar-refractivity contribution in [3.63, 3.8) is 0 Å². The summed E-state index contributed by atoms with van der Waals surface area (Å²) in [5.41, 5.74) is 2.03. The Hall–Kier alpha value is -1.59. The van der Waals surface area contributed by atoms with E-state index in [9.17, 15) is 10.1 Å². The largest absolute Gasteiger partial charge is 0.380 e. The van der Waals surface area contributed by atoms with Gasteiger partial charge in [-0.25, -0.2) is 0 Å². The van der Waals surface area contributed by atoms with Gasteiger partial charge in [-0.3, -0.25) is 10.1 Å². The SMILES string of the molecule is Cc1cc(Cl)ccc1NCc1ccc([N+](=O)[O-])s1. The monoisotopic (exact) mass is 282 g/mol. The highest BCUT2D eigenvalue weighted by Crippen LogP contribution is 2.25. The molecule has 0 saturated carbocycles. The van der Waals surface area contributed by atoms with Crippen LogP contribution >= 0.6 is 22.9 Å². The molecule has 2 rings (SSSR count). The maximum Gasteiger partial charge on any atom is 0.324 e. The normalized spacial score (nSPS) is 10.3. The molecule has 2 aromatic rings. The molecule has 0 spiro atoms. The van der Waals surface area contributed by atoms with Crippen LogP contribution in [-0.2, 0) is 6.54 Å². The Bertz CT molecular complexity index is 583. The minimum Gasteiger partial charge on any atom is -0.380 e. The minimum atomic E-state index is -0.373. The number of nitro groups is 1. The van der Waals surface area contributed by atoms with Gasteiger partial charge in [-0.2, -0.15) is 0 Å². The summed E-state index contributed by atoms with van der Waals surface area (Å²) in [4.78, 5) is 11.1. The van der Waals surface area contributed by atoms with E-state index in [0.29, 0.717) is 11.6 Å². The Labute approximate surface area is 113 Å². The molecule has 94 valence electrons. The minimum absolute atomic E-state index is 0.166. The van der Waals surface area contributed by atoms with Crippen molar-refractivity contribution in [1.29, 1.82) is 0 Å². The first-order valence-electron chi connectivity index (χ1n) is 5.29. The molecule has 1 heterocycles. The lowest BCUT2D eigenvalue weighted by Gasteiger charge is -2.08. The predicted molar refractivity (Wildman–Crippen MR) is 74.5 cm³/mol. The van der Waals surface area contributed by atoms with Crippen LogP contribution in [0, 0.1) is 17.0 Å². The standard InChI is InChI=1S/C12H11ClN2O2S/c1-8-6-9(13)2-4-11(8)14-7-10-3-5-12(18-10)15(16)17/h2-6,14H,7H2,1H3. The summed E-state index contributed by atoms with van der Waals surface area (Å²) in [5.74, 6) is 0. The van der Waals surface area contributed by atoms with E-state index in [-0.39, 0.29) is 9.92 Å². The van der Waals surface area contributed by atoms with Gasteiger partial charge in [-0.15, -0.1) is 0 Å². The van der Waals surface area contributed by atoms with Crippen LogP contribution in [0.2, 0.25) is 5.02 Å². The van der Waals surface area contributed by atoms with Crippen LogP contribution in [0.15, 0.2) is 30.3 Å². The number of anilines is 1. The van der Waals surface area contributed by atoms with Gasteiger partial charge in [0.05, 0.1) is 4.92 Å². The molecule has 0 fully saturated rings. The first-order valence-corrected chi connectivity index (χ1v) is 6.49. The molecular weight excluding hydrogens is 272 g/mol. The highest BCUT2D eigenvalue weighted by molar-refractivity contribution is 7.15. The van der Waals surface area contributed by atoms with E-state index in [1.807, 2.05) is 25.1 Å². The number of aryl methyl sites for hydroxylation is 1. The fourth-order valence-corrected chi connectivity index (χ4v) is 2.55. The number of hydrogen-bond acceptors (Lipinski definition) is 4. The van der Waals surface area contributed by atoms with Crippen LogP contribution in [0.3, 0.4) is 0 Å². The van der Waals surface area contributed by atoms with Gasteiger partial charge in [-0.1, -0.05) is 22.9 Å². The molecule has 1 N–H and O–H groups in total. The van der Waals surface area contributed by atoms with Crippen LogP contribution in [0.1, 0.15) is 10.4 Å². The third-order valence-electron chi connectivity index (χ3n) is 2.47. The first kappa shape index (κ1) is 12.9. The Morgan fingerprint density at radius 3 is 2.78 bits per heavy atom. The highest BCUT2D eigenvalue weighted by Gasteiger charge is 2.09. The number of thiophene rings is 1. The van der Waals surface area contributed by atoms with Gasteiger partial charge in [0.25, 0.3) is 0 Å². The Morgan fingerprint density at radius 2 is 2.17 bits per heavy atom. The van der Waals surface area contributed by atoms with Crippen molar-refractivity contribution in [3.8, 4) is 0 Å². The van der Waals surface area contributed by atoms with E-state index < -0.39 is 0 Å². The van der Waals surface area contributed by atoms with E-state index >= 15 is 0 Å². The van der Waals surface area contributed by atoms with Crippen LogP contribution in [0.25, 0.3) is 0 Å². The molecule has 1 aromatic carbocycles. The molecule has 18 heavy (non-hydrogen) atoms. The van der Waals surface area contributed by atoms with Crippen molar-refractivity contribution in [2.24, 2.45) is 0 Å². The van der Waals surface area contributed by atoms with Crippen LogP contribution in [0.4, 0.5) is 10.7 Å². The molecule has 0 radical (unpaired) electrons. The fourth-order valence-electron chi connectivity index (χ4n) is 1.57. The van der Waals surface area contributed by atoms with Crippen molar-refractivity contribution in [2.45, 2.75) is 13.5 Å². The number of nitrogens with one attached hydrogen (secondary N) is 1. The summed E-state index contributed by atoms with van der Waals surface area (Å²) in [6.07, 6.45) is 0. The van der Waals surface area contributed by atoms with Gasteiger partial charge in [-0.05, 0) is 36.8 Å². The summed E-state index contributed by atoms with van der Waals surface area (Å²) in [5, 5.41) is 14.7. The molecule has 0 amide bonds. The van der Waals surface area contributed by atoms with Crippen LogP contribution in [-0.4, -0.2) is 4.92 Å². The molecule has 0 aliphatic heterocycles. The van der Waals surface area contributed by atoms with E-state index in [1.54, 1.807) is 6.07 Å². The zero-order valence-electron chi connectivity index (χ0n) is 9.64. The maximum atomic E-state index is 10.6. The summed E-state index contributed by atoms with van der Waals surface area (Å²) >= 11 is 7.05. The van der Waals surface area contributed by atoms with E-state index in [0.717, 1.165) is 16.1 Å². The quantitative estimate of drug-likeness (QED) is 0.674. The number of benzene rings is 1. The molecule has 1 aromatic heterocycles. The van der Waals surface area contributed by atoms with Gasteiger partial charge in [0.2, 0.25) is 0 Å². The summed E-state index contributed by atoms with van der Waals surface area (Å²) in [6.45, 7) is 2.53. The molecule has 0 atom stereocenters. The predicted octanol–water partition coefficient (Wildman–Crippen LogP) is 4.23. The third-order valence-corrected chi connectivity index (χ3v) is 3.74. The second kappa shape index (κ2) is 5.37. The van der Waals surface area contributed by atoms with E-state index in [2.05, 4.69) is 5.32 Å². The van der Waals surface area contributed by atoms with Gasteiger partial charge in [0.1, 0.15) is 0 Å². The summed E-state index contributed by atoms with van der Waals surface area (Å²) in [7, 11) is 0. The van der Waals surface area contributed by atoms with Crippen molar-refractivity contribution < 1.29 is 4.92 Å². The molecule has 0 unspecified atom stereocenters. The molecule has 0 aliphatic rings. The first-order chi connectivity index (χ1) is 8.56. The zero-order chi connectivity index (χ0) is 13.1. The summed E-state index contributed by atoms with van der Waals surface area (Å²) < 4.78 is 0. The van der Waals surface area contributed by atoms with Crippen LogP contribution < -0.4 is 5.32 Å². The lowest BCUT2D eigenvalue weighted by atomic mass is 10.2. The van der Waals surface area contributed by atoms with E-state index in [1.165, 1.54) is 17.4 Å². The van der Waals surface area contributed by atoms with Gasteiger partial charge in [0.15, 0.2) is 0 Å². The van der Waals surface area contributed by atoms with Gasteiger partial charge < -0.3 is 5.32 Å². The van der Waals surface area contributed by atoms with Crippen molar-refractivity contribution in [2.75, 3.05) is 5.32 Å². The van der Waals surface area contributed by atoms with Gasteiger partial charge >= 0.3 is 5.00 Å². The molecule has 0 bridgehead atoms. The third kappa shape index (κ3) is 3.00. The Morgan fingerprint density at radius 1 is 1.39 bits per heavy atom. The maximum absolute atomic E-state index is 10.6. The molecule has 0 saturated heterocycles. The molecule has 0 aliphatic carbocycles. The average molecular weight is 283 g/mol. The topological polar surface area (TPSA) is 55.2 Å². The lowest BCUT2D eigenvalue weighted by molar-refractivity contribution is -0.380. The smallest absolute Gasteiger partial charge is 0.324 e. The van der Waals surface area contributed by atoms with E-state index in [4.69, 9.17) is 11.6 Å². The van der Waals surface area contributed by atoms with Gasteiger partial charge in [0, 0.05) is 28.2 Å². The number of nitrogens with zero attached hydrogens (tertiary/aromatic N) is 1. The summed E-state index contributed by atoms with van der Waals surface area (Å²) in [6, 6.07) is 8.88. The number of halogens is 1. The number of hydrogen-bond donors (Lipinski definition) is 1. The lowest BCUT2D eigenvalue weighted by Crippen LogP contribution is -1.98. The highest BCUT2D eigenvalue weighted by atomic mass is 35.5. The molecule has 4 nitrogen and oxygen atoms in total.